The van der Waals surface area contributed by atoms with Gasteiger partial charge in [-0.1, -0.05) is 20.8 Å². The van der Waals surface area contributed by atoms with Gasteiger partial charge in [0, 0.05) is 68.5 Å². The third kappa shape index (κ3) is 3.34. The molecule has 5 rings (SSSR count). The van der Waals surface area contributed by atoms with Gasteiger partial charge in [0.15, 0.2) is 5.69 Å². The Morgan fingerprint density at radius 1 is 1.10 bits per heavy atom. The number of hydrogen-bond acceptors (Lipinski definition) is 6. The van der Waals surface area contributed by atoms with Crippen LogP contribution in [0.5, 0.6) is 5.88 Å². The molecule has 2 atom stereocenters. The van der Waals surface area contributed by atoms with E-state index in [1.165, 1.54) is 0 Å². The van der Waals surface area contributed by atoms with E-state index < -0.39 is 0 Å². The number of rotatable bonds is 2. The standard InChI is InChI=1S/C21H28N6O2/c1-21(2,3)17-8-18(23-13-22-17)25-9-14-11-26(12-15(14)10-25)20(28)16-7-19-27(24-16)5-4-6-29-19/h7-8,13-15H,4-6,9-12H2,1-3H3. The Bertz CT molecular complexity index is 896. The van der Waals surface area contributed by atoms with Gasteiger partial charge in [0.05, 0.1) is 12.3 Å². The van der Waals surface area contributed by atoms with E-state index >= 15 is 0 Å². The molecule has 29 heavy (non-hydrogen) atoms. The molecule has 1 amide bonds. The first-order chi connectivity index (χ1) is 13.9. The van der Waals surface area contributed by atoms with Crippen molar-refractivity contribution in [3.05, 3.63) is 29.8 Å². The average molecular weight is 396 g/mol. The van der Waals surface area contributed by atoms with E-state index in [4.69, 9.17) is 4.74 Å². The smallest absolute Gasteiger partial charge is 0.274 e. The molecule has 8 nitrogen and oxygen atoms in total. The molecule has 0 saturated carbocycles. The second-order valence-corrected chi connectivity index (χ2v) is 9.44. The van der Waals surface area contributed by atoms with Crippen LogP contribution in [0.25, 0.3) is 0 Å². The van der Waals surface area contributed by atoms with Crippen molar-refractivity contribution in [3.63, 3.8) is 0 Å². The zero-order valence-corrected chi connectivity index (χ0v) is 17.3. The van der Waals surface area contributed by atoms with Crippen LogP contribution in [-0.4, -0.2) is 63.3 Å². The number of carbonyl (C=O) groups excluding carboxylic acids is 1. The molecule has 2 unspecified atom stereocenters. The van der Waals surface area contributed by atoms with Crippen LogP contribution >= 0.6 is 0 Å². The van der Waals surface area contributed by atoms with Gasteiger partial charge in [-0.3, -0.25) is 4.79 Å². The van der Waals surface area contributed by atoms with Crippen LogP contribution in [0.3, 0.4) is 0 Å². The summed E-state index contributed by atoms with van der Waals surface area (Å²) >= 11 is 0. The number of nitrogens with zero attached hydrogens (tertiary/aromatic N) is 6. The van der Waals surface area contributed by atoms with Gasteiger partial charge in [-0.05, 0) is 0 Å². The largest absolute Gasteiger partial charge is 0.478 e. The summed E-state index contributed by atoms with van der Waals surface area (Å²) in [5.41, 5.74) is 1.57. The van der Waals surface area contributed by atoms with E-state index in [0.29, 0.717) is 30.0 Å². The van der Waals surface area contributed by atoms with Crippen molar-refractivity contribution < 1.29 is 9.53 Å². The van der Waals surface area contributed by atoms with Crippen molar-refractivity contribution in [2.24, 2.45) is 11.8 Å². The topological polar surface area (TPSA) is 76.4 Å². The molecule has 0 bridgehead atoms. The predicted molar refractivity (Wildman–Crippen MR) is 108 cm³/mol. The van der Waals surface area contributed by atoms with E-state index in [0.717, 1.165) is 50.7 Å². The van der Waals surface area contributed by atoms with Gasteiger partial charge >= 0.3 is 0 Å². The SMILES string of the molecule is CC(C)(C)c1cc(N2CC3CN(C(=O)c4cc5n(n4)CCCO5)CC3C2)ncn1. The van der Waals surface area contributed by atoms with Crippen molar-refractivity contribution in [1.29, 1.82) is 0 Å². The van der Waals surface area contributed by atoms with Crippen LogP contribution in [0.4, 0.5) is 5.82 Å². The highest BCUT2D eigenvalue weighted by atomic mass is 16.5. The fourth-order valence-electron chi connectivity index (χ4n) is 4.61. The quantitative estimate of drug-likeness (QED) is 0.772. The van der Waals surface area contributed by atoms with Gasteiger partial charge in [0.1, 0.15) is 12.1 Å². The molecule has 3 aliphatic rings. The average Bonchev–Trinajstić information content (AvgIpc) is 3.39. The third-order valence-corrected chi connectivity index (χ3v) is 6.24. The Labute approximate surface area is 170 Å². The fourth-order valence-corrected chi connectivity index (χ4v) is 4.61. The van der Waals surface area contributed by atoms with Crippen LogP contribution < -0.4 is 9.64 Å². The Morgan fingerprint density at radius 2 is 1.86 bits per heavy atom. The maximum Gasteiger partial charge on any atom is 0.274 e. The van der Waals surface area contributed by atoms with Crippen molar-refractivity contribution >= 4 is 11.7 Å². The molecule has 2 aromatic rings. The molecule has 2 saturated heterocycles. The number of anilines is 1. The molecule has 5 heterocycles. The first-order valence-electron chi connectivity index (χ1n) is 10.5. The van der Waals surface area contributed by atoms with E-state index in [1.54, 1.807) is 17.1 Å². The van der Waals surface area contributed by atoms with Crippen molar-refractivity contribution in [2.45, 2.75) is 39.2 Å². The van der Waals surface area contributed by atoms with Gasteiger partial charge < -0.3 is 14.5 Å². The summed E-state index contributed by atoms with van der Waals surface area (Å²) in [5, 5.41) is 4.46. The molecule has 8 heteroatoms. The summed E-state index contributed by atoms with van der Waals surface area (Å²) in [6.07, 6.45) is 2.61. The maximum atomic E-state index is 13.0. The molecule has 154 valence electrons. The lowest BCUT2D eigenvalue weighted by molar-refractivity contribution is 0.0775. The Balaban J connectivity index is 1.25. The van der Waals surface area contributed by atoms with E-state index in [1.807, 2.05) is 4.90 Å². The number of carbonyl (C=O) groups is 1. The van der Waals surface area contributed by atoms with Crippen LogP contribution in [0.15, 0.2) is 18.5 Å². The lowest BCUT2D eigenvalue weighted by Gasteiger charge is -2.24. The van der Waals surface area contributed by atoms with Gasteiger partial charge in [0.25, 0.3) is 5.91 Å². The van der Waals surface area contributed by atoms with Crippen LogP contribution in [-0.2, 0) is 12.0 Å². The predicted octanol–water partition coefficient (Wildman–Crippen LogP) is 1.96. The molecular formula is C21H28N6O2. The Kier molecular flexibility index (Phi) is 4.26. The Morgan fingerprint density at radius 3 is 2.55 bits per heavy atom. The number of ether oxygens (including phenoxy) is 1. The molecule has 0 radical (unpaired) electrons. The normalized spacial score (nSPS) is 23.7. The summed E-state index contributed by atoms with van der Waals surface area (Å²) in [6, 6.07) is 3.90. The number of amides is 1. The maximum absolute atomic E-state index is 13.0. The zero-order valence-electron chi connectivity index (χ0n) is 17.3. The number of likely N-dealkylation sites (tertiary alicyclic amines) is 1. The molecular weight excluding hydrogens is 368 g/mol. The highest BCUT2D eigenvalue weighted by Gasteiger charge is 2.42. The van der Waals surface area contributed by atoms with Gasteiger partial charge in [0.2, 0.25) is 5.88 Å². The lowest BCUT2D eigenvalue weighted by Crippen LogP contribution is -2.34. The number of fused-ring (bicyclic) bond motifs is 2. The molecule has 2 fully saturated rings. The molecule has 2 aromatic heterocycles. The summed E-state index contributed by atoms with van der Waals surface area (Å²) in [4.78, 5) is 26.2. The zero-order chi connectivity index (χ0) is 20.2. The summed E-state index contributed by atoms with van der Waals surface area (Å²) in [6.45, 7) is 11.4. The van der Waals surface area contributed by atoms with E-state index in [9.17, 15) is 4.79 Å². The van der Waals surface area contributed by atoms with Gasteiger partial charge in [-0.15, -0.1) is 0 Å². The number of aryl methyl sites for hydroxylation is 1. The lowest BCUT2D eigenvalue weighted by atomic mass is 9.92. The Hall–Kier alpha value is -2.64. The summed E-state index contributed by atoms with van der Waals surface area (Å²) in [7, 11) is 0. The number of aromatic nitrogens is 4. The molecule has 3 aliphatic heterocycles. The monoisotopic (exact) mass is 396 g/mol. The van der Waals surface area contributed by atoms with E-state index in [-0.39, 0.29) is 11.3 Å². The third-order valence-electron chi connectivity index (χ3n) is 6.24. The minimum absolute atomic E-state index is 0.00390. The van der Waals surface area contributed by atoms with Gasteiger partial charge in [-0.2, -0.15) is 5.10 Å². The first-order valence-corrected chi connectivity index (χ1v) is 10.5. The molecule has 0 aromatic carbocycles. The molecule has 0 spiro atoms. The second-order valence-electron chi connectivity index (χ2n) is 9.44. The van der Waals surface area contributed by atoms with Crippen molar-refractivity contribution in [3.8, 4) is 5.88 Å². The van der Waals surface area contributed by atoms with Crippen LogP contribution in [0.1, 0.15) is 43.4 Å². The van der Waals surface area contributed by atoms with E-state index in [2.05, 4.69) is 46.8 Å². The fraction of sp³-hybridized carbons (Fsp3) is 0.619. The van der Waals surface area contributed by atoms with Crippen LogP contribution in [0.2, 0.25) is 0 Å². The number of hydrogen-bond donors (Lipinski definition) is 0. The minimum atomic E-state index is 0.00390. The first kappa shape index (κ1) is 18.4. The minimum Gasteiger partial charge on any atom is -0.478 e. The second kappa shape index (κ2) is 6.71. The van der Waals surface area contributed by atoms with Gasteiger partial charge in [-0.25, -0.2) is 14.6 Å². The van der Waals surface area contributed by atoms with Crippen molar-refractivity contribution in [2.75, 3.05) is 37.7 Å². The molecule has 0 aliphatic carbocycles. The molecule has 0 N–H and O–H groups in total. The summed E-state index contributed by atoms with van der Waals surface area (Å²) in [5.74, 6) is 2.68. The summed E-state index contributed by atoms with van der Waals surface area (Å²) < 4.78 is 7.40. The van der Waals surface area contributed by atoms with Crippen LogP contribution in [0, 0.1) is 11.8 Å². The van der Waals surface area contributed by atoms with Crippen molar-refractivity contribution in [1.82, 2.24) is 24.6 Å². The highest BCUT2D eigenvalue weighted by molar-refractivity contribution is 5.93. The highest BCUT2D eigenvalue weighted by Crippen LogP contribution is 2.35.